The molecule has 1 aromatic rings. The van der Waals surface area contributed by atoms with Crippen molar-refractivity contribution in [3.05, 3.63) is 21.8 Å². The van der Waals surface area contributed by atoms with Crippen LogP contribution in [-0.2, 0) is 9.53 Å². The summed E-state index contributed by atoms with van der Waals surface area (Å²) in [7, 11) is 1.64. The second kappa shape index (κ2) is 6.57. The lowest BCUT2D eigenvalue weighted by Crippen LogP contribution is -2.11. The first kappa shape index (κ1) is 13.1. The van der Waals surface area contributed by atoms with Crippen molar-refractivity contribution in [3.8, 4) is 5.75 Å². The van der Waals surface area contributed by atoms with Gasteiger partial charge in [0.1, 0.15) is 12.4 Å². The summed E-state index contributed by atoms with van der Waals surface area (Å²) in [5.74, 6) is 0.595. The Morgan fingerprint density at radius 3 is 2.81 bits per heavy atom. The van der Waals surface area contributed by atoms with E-state index in [1.54, 1.807) is 7.11 Å². The van der Waals surface area contributed by atoms with Crippen molar-refractivity contribution >= 4 is 34.2 Å². The van der Waals surface area contributed by atoms with Gasteiger partial charge in [0.05, 0.1) is 10.7 Å². The summed E-state index contributed by atoms with van der Waals surface area (Å²) in [5.41, 5.74) is 0.984. The van der Waals surface area contributed by atoms with Gasteiger partial charge in [-0.05, 0) is 40.8 Å². The fraction of sp³-hybridized carbons (Fsp3) is 0.364. The molecular formula is C11H14INO3. The molecular weight excluding hydrogens is 321 g/mol. The number of methoxy groups -OCH3 is 1. The van der Waals surface area contributed by atoms with Crippen LogP contribution in [0.1, 0.15) is 6.92 Å². The van der Waals surface area contributed by atoms with Gasteiger partial charge in [0.15, 0.2) is 0 Å². The van der Waals surface area contributed by atoms with E-state index in [0.29, 0.717) is 13.2 Å². The minimum atomic E-state index is -0.258. The molecule has 0 heterocycles. The van der Waals surface area contributed by atoms with Gasteiger partial charge in [-0.3, -0.25) is 4.79 Å². The average molecular weight is 335 g/mol. The van der Waals surface area contributed by atoms with Crippen molar-refractivity contribution in [2.75, 3.05) is 25.6 Å². The average Bonchev–Trinajstić information content (AvgIpc) is 2.24. The fourth-order valence-electron chi connectivity index (χ4n) is 1.17. The quantitative estimate of drug-likeness (QED) is 0.510. The van der Waals surface area contributed by atoms with Crippen molar-refractivity contribution in [3.63, 3.8) is 0 Å². The Kier molecular flexibility index (Phi) is 5.37. The largest absolute Gasteiger partial charge is 0.496 e. The maximum absolute atomic E-state index is 10.5. The summed E-state index contributed by atoms with van der Waals surface area (Å²) < 4.78 is 11.0. The number of carbonyl (C=O) groups excluding carboxylic acids is 1. The summed E-state index contributed by atoms with van der Waals surface area (Å²) in [6.07, 6.45) is 0. The SMILES string of the molecule is COc1ccc(NCCOC(C)=O)cc1I. The highest BCUT2D eigenvalue weighted by molar-refractivity contribution is 14.1. The Balaban J connectivity index is 2.43. The third kappa shape index (κ3) is 4.26. The van der Waals surface area contributed by atoms with Gasteiger partial charge in [0, 0.05) is 19.2 Å². The van der Waals surface area contributed by atoms with Crippen molar-refractivity contribution in [2.45, 2.75) is 6.92 Å². The van der Waals surface area contributed by atoms with Crippen LogP contribution in [0.2, 0.25) is 0 Å². The molecule has 1 rings (SSSR count). The molecule has 0 saturated heterocycles. The number of ether oxygens (including phenoxy) is 2. The Bertz CT molecular complexity index is 368. The van der Waals surface area contributed by atoms with Crippen LogP contribution >= 0.6 is 22.6 Å². The van der Waals surface area contributed by atoms with Gasteiger partial charge in [-0.25, -0.2) is 0 Å². The normalized spacial score (nSPS) is 9.69. The monoisotopic (exact) mass is 335 g/mol. The summed E-state index contributed by atoms with van der Waals surface area (Å²) in [6, 6.07) is 5.80. The minimum absolute atomic E-state index is 0.258. The van der Waals surface area contributed by atoms with Crippen LogP contribution < -0.4 is 10.1 Å². The summed E-state index contributed by atoms with van der Waals surface area (Å²) in [6.45, 7) is 2.37. The Morgan fingerprint density at radius 1 is 1.50 bits per heavy atom. The van der Waals surface area contributed by atoms with Gasteiger partial charge in [-0.15, -0.1) is 0 Å². The van der Waals surface area contributed by atoms with Crippen LogP contribution in [-0.4, -0.2) is 26.2 Å². The number of hydrogen-bond donors (Lipinski definition) is 1. The highest BCUT2D eigenvalue weighted by Crippen LogP contribution is 2.23. The second-order valence-electron chi connectivity index (χ2n) is 3.12. The minimum Gasteiger partial charge on any atom is -0.496 e. The van der Waals surface area contributed by atoms with Gasteiger partial charge < -0.3 is 14.8 Å². The lowest BCUT2D eigenvalue weighted by Gasteiger charge is -2.09. The molecule has 0 radical (unpaired) electrons. The summed E-state index contributed by atoms with van der Waals surface area (Å²) in [4.78, 5) is 10.5. The zero-order valence-corrected chi connectivity index (χ0v) is 11.4. The molecule has 88 valence electrons. The van der Waals surface area contributed by atoms with E-state index in [4.69, 9.17) is 9.47 Å². The number of nitrogens with one attached hydrogen (secondary N) is 1. The number of benzene rings is 1. The van der Waals surface area contributed by atoms with Crippen molar-refractivity contribution < 1.29 is 14.3 Å². The zero-order valence-electron chi connectivity index (χ0n) is 9.25. The number of carbonyl (C=O) groups is 1. The fourth-order valence-corrected chi connectivity index (χ4v) is 1.90. The van der Waals surface area contributed by atoms with Crippen LogP contribution in [0.25, 0.3) is 0 Å². The highest BCUT2D eigenvalue weighted by atomic mass is 127. The highest BCUT2D eigenvalue weighted by Gasteiger charge is 2.00. The third-order valence-electron chi connectivity index (χ3n) is 1.89. The van der Waals surface area contributed by atoms with Crippen molar-refractivity contribution in [1.82, 2.24) is 0 Å². The third-order valence-corrected chi connectivity index (χ3v) is 2.73. The molecule has 5 heteroatoms. The van der Waals surface area contributed by atoms with Gasteiger partial charge in [-0.2, -0.15) is 0 Å². The van der Waals surface area contributed by atoms with E-state index in [1.807, 2.05) is 18.2 Å². The molecule has 0 unspecified atom stereocenters. The predicted octanol–water partition coefficient (Wildman–Crippen LogP) is 2.27. The molecule has 0 aliphatic rings. The van der Waals surface area contributed by atoms with E-state index in [-0.39, 0.29) is 5.97 Å². The molecule has 0 amide bonds. The molecule has 4 nitrogen and oxygen atoms in total. The molecule has 0 aliphatic heterocycles. The molecule has 0 saturated carbocycles. The molecule has 0 spiro atoms. The lowest BCUT2D eigenvalue weighted by molar-refractivity contribution is -0.140. The van der Waals surface area contributed by atoms with E-state index in [2.05, 4.69) is 27.9 Å². The molecule has 0 aliphatic carbocycles. The number of rotatable bonds is 5. The van der Waals surface area contributed by atoms with Crippen LogP contribution in [0.4, 0.5) is 5.69 Å². The van der Waals surface area contributed by atoms with E-state index >= 15 is 0 Å². The smallest absolute Gasteiger partial charge is 0.302 e. The zero-order chi connectivity index (χ0) is 12.0. The lowest BCUT2D eigenvalue weighted by atomic mass is 10.3. The Labute approximate surface area is 108 Å². The van der Waals surface area contributed by atoms with Crippen LogP contribution in [0, 0.1) is 3.57 Å². The van der Waals surface area contributed by atoms with Crippen molar-refractivity contribution in [1.29, 1.82) is 0 Å². The molecule has 0 bridgehead atoms. The van der Waals surface area contributed by atoms with Gasteiger partial charge in [-0.1, -0.05) is 0 Å². The number of anilines is 1. The maximum atomic E-state index is 10.5. The topological polar surface area (TPSA) is 47.6 Å². The number of hydrogen-bond acceptors (Lipinski definition) is 4. The predicted molar refractivity (Wildman–Crippen MR) is 70.8 cm³/mol. The van der Waals surface area contributed by atoms with Crippen LogP contribution in [0.15, 0.2) is 18.2 Å². The van der Waals surface area contributed by atoms with Gasteiger partial charge in [0.2, 0.25) is 0 Å². The Morgan fingerprint density at radius 2 is 2.25 bits per heavy atom. The molecule has 0 fully saturated rings. The second-order valence-corrected chi connectivity index (χ2v) is 4.28. The van der Waals surface area contributed by atoms with Gasteiger partial charge in [0.25, 0.3) is 0 Å². The first-order valence-corrected chi connectivity index (χ1v) is 5.92. The number of halogens is 1. The summed E-state index contributed by atoms with van der Waals surface area (Å²) in [5, 5.41) is 3.15. The molecule has 1 aromatic carbocycles. The van der Waals surface area contributed by atoms with E-state index < -0.39 is 0 Å². The number of esters is 1. The van der Waals surface area contributed by atoms with E-state index in [9.17, 15) is 4.79 Å². The molecule has 16 heavy (non-hydrogen) atoms. The van der Waals surface area contributed by atoms with E-state index in [1.165, 1.54) is 6.92 Å². The van der Waals surface area contributed by atoms with Crippen LogP contribution in [0.5, 0.6) is 5.75 Å². The Hall–Kier alpha value is -0.980. The first-order chi connectivity index (χ1) is 7.63. The molecule has 0 atom stereocenters. The molecule has 1 N–H and O–H groups in total. The first-order valence-electron chi connectivity index (χ1n) is 4.84. The van der Waals surface area contributed by atoms with E-state index in [0.717, 1.165) is 15.0 Å². The molecule has 0 aromatic heterocycles. The van der Waals surface area contributed by atoms with Gasteiger partial charge >= 0.3 is 5.97 Å². The summed E-state index contributed by atoms with van der Waals surface area (Å²) >= 11 is 2.21. The standard InChI is InChI=1S/C11H14INO3/c1-8(14)16-6-5-13-9-3-4-11(15-2)10(12)7-9/h3-4,7,13H,5-6H2,1-2H3. The van der Waals surface area contributed by atoms with Crippen LogP contribution in [0.3, 0.4) is 0 Å². The van der Waals surface area contributed by atoms with Crippen molar-refractivity contribution in [2.24, 2.45) is 0 Å². The maximum Gasteiger partial charge on any atom is 0.302 e.